The highest BCUT2D eigenvalue weighted by molar-refractivity contribution is 5.43. The number of nitrogens with one attached hydrogen (secondary N) is 1. The van der Waals surface area contributed by atoms with Gasteiger partial charge in [-0.3, -0.25) is 4.98 Å². The van der Waals surface area contributed by atoms with E-state index in [1.54, 1.807) is 0 Å². The first kappa shape index (κ1) is 13.3. The number of hydrogen-bond acceptors (Lipinski definition) is 4. The number of aryl methyl sites for hydroxylation is 2. The van der Waals surface area contributed by atoms with Crippen LogP contribution in [0.15, 0.2) is 6.20 Å². The third-order valence-corrected chi connectivity index (χ3v) is 3.45. The maximum Gasteiger partial charge on any atom is 0.150 e. The minimum Gasteiger partial charge on any atom is -0.354 e. The van der Waals surface area contributed by atoms with Gasteiger partial charge in [0.05, 0.1) is 11.4 Å². The lowest BCUT2D eigenvalue weighted by atomic mass is 10.2. The van der Waals surface area contributed by atoms with E-state index >= 15 is 0 Å². The lowest BCUT2D eigenvalue weighted by Crippen LogP contribution is -2.39. The van der Waals surface area contributed by atoms with Crippen molar-refractivity contribution in [1.82, 2.24) is 15.3 Å². The van der Waals surface area contributed by atoms with Crippen molar-refractivity contribution in [3.05, 3.63) is 17.6 Å². The molecule has 1 atom stereocenters. The quantitative estimate of drug-likeness (QED) is 0.866. The average Bonchev–Trinajstić information content (AvgIpc) is 2.85. The Morgan fingerprint density at radius 2 is 2.28 bits per heavy atom. The molecular formula is C14H24N4. The summed E-state index contributed by atoms with van der Waals surface area (Å²) in [5.41, 5.74) is 2.03. The van der Waals surface area contributed by atoms with Crippen LogP contribution in [0.2, 0.25) is 0 Å². The topological polar surface area (TPSA) is 41.0 Å². The van der Waals surface area contributed by atoms with E-state index in [9.17, 15) is 0 Å². The molecule has 0 saturated carbocycles. The monoisotopic (exact) mass is 248 g/mol. The highest BCUT2D eigenvalue weighted by Gasteiger charge is 2.19. The van der Waals surface area contributed by atoms with Crippen LogP contribution in [0.5, 0.6) is 0 Å². The van der Waals surface area contributed by atoms with Gasteiger partial charge in [-0.15, -0.1) is 0 Å². The number of hydrogen-bond donors (Lipinski definition) is 1. The summed E-state index contributed by atoms with van der Waals surface area (Å²) in [5, 5.41) is 3.56. The average molecular weight is 248 g/mol. The maximum atomic E-state index is 4.67. The van der Waals surface area contributed by atoms with Crippen molar-refractivity contribution in [2.75, 3.05) is 24.5 Å². The van der Waals surface area contributed by atoms with E-state index in [4.69, 9.17) is 0 Å². The summed E-state index contributed by atoms with van der Waals surface area (Å²) in [4.78, 5) is 11.5. The number of nitrogens with zero attached hydrogens (tertiary/aromatic N) is 3. The number of aromatic nitrogens is 2. The second-order valence-corrected chi connectivity index (χ2v) is 5.16. The Balaban J connectivity index is 2.14. The van der Waals surface area contributed by atoms with E-state index in [1.807, 2.05) is 20.0 Å². The smallest absolute Gasteiger partial charge is 0.150 e. The molecule has 1 aromatic heterocycles. The van der Waals surface area contributed by atoms with E-state index in [2.05, 4.69) is 27.1 Å². The van der Waals surface area contributed by atoms with Crippen LogP contribution >= 0.6 is 0 Å². The zero-order valence-corrected chi connectivity index (χ0v) is 11.7. The first-order chi connectivity index (χ1) is 8.70. The zero-order chi connectivity index (χ0) is 13.0. The van der Waals surface area contributed by atoms with Crippen molar-refractivity contribution >= 4 is 5.82 Å². The van der Waals surface area contributed by atoms with Crippen LogP contribution in [-0.2, 0) is 0 Å². The second-order valence-electron chi connectivity index (χ2n) is 5.16. The van der Waals surface area contributed by atoms with Crippen LogP contribution in [0.25, 0.3) is 0 Å². The molecule has 1 saturated heterocycles. The van der Waals surface area contributed by atoms with Gasteiger partial charge in [0.25, 0.3) is 0 Å². The summed E-state index contributed by atoms with van der Waals surface area (Å²) >= 11 is 0. The summed E-state index contributed by atoms with van der Waals surface area (Å²) in [6, 6.07) is 0.610. The van der Waals surface area contributed by atoms with E-state index in [0.717, 1.165) is 43.3 Å². The van der Waals surface area contributed by atoms with Crippen LogP contribution in [0, 0.1) is 13.8 Å². The first-order valence-corrected chi connectivity index (χ1v) is 6.99. The van der Waals surface area contributed by atoms with Crippen LogP contribution in [0.4, 0.5) is 5.82 Å². The Labute approximate surface area is 110 Å². The molecule has 0 amide bonds. The summed E-state index contributed by atoms with van der Waals surface area (Å²) in [7, 11) is 0. The number of anilines is 1. The molecule has 0 bridgehead atoms. The number of rotatable bonds is 5. The molecule has 1 fully saturated rings. The van der Waals surface area contributed by atoms with Gasteiger partial charge in [-0.1, -0.05) is 6.92 Å². The molecule has 0 radical (unpaired) electrons. The largest absolute Gasteiger partial charge is 0.354 e. The molecule has 100 valence electrons. The zero-order valence-electron chi connectivity index (χ0n) is 11.7. The minimum absolute atomic E-state index is 0.610. The minimum atomic E-state index is 0.610. The molecule has 1 unspecified atom stereocenters. The van der Waals surface area contributed by atoms with Gasteiger partial charge in [-0.05, 0) is 39.7 Å². The van der Waals surface area contributed by atoms with Crippen LogP contribution in [0.1, 0.15) is 37.6 Å². The van der Waals surface area contributed by atoms with Crippen molar-refractivity contribution in [2.45, 2.75) is 46.1 Å². The molecular weight excluding hydrogens is 224 g/mol. The third-order valence-electron chi connectivity index (χ3n) is 3.45. The second kappa shape index (κ2) is 6.14. The normalized spacial score (nSPS) is 19.2. The standard InChI is InChI=1S/C14H24N4/c1-4-8-18(10-13-6-5-7-15-13)14-12(3)16-9-11(2)17-14/h9,13,15H,4-8,10H2,1-3H3. The molecule has 1 aliphatic heterocycles. The van der Waals surface area contributed by atoms with Crippen molar-refractivity contribution in [1.29, 1.82) is 0 Å². The Kier molecular flexibility index (Phi) is 4.53. The van der Waals surface area contributed by atoms with Gasteiger partial charge in [0, 0.05) is 25.3 Å². The molecule has 0 aliphatic carbocycles. The predicted molar refractivity (Wildman–Crippen MR) is 75.0 cm³/mol. The van der Waals surface area contributed by atoms with E-state index in [0.29, 0.717) is 6.04 Å². The molecule has 2 rings (SSSR count). The Hall–Kier alpha value is -1.16. The van der Waals surface area contributed by atoms with Gasteiger partial charge in [0.1, 0.15) is 5.82 Å². The van der Waals surface area contributed by atoms with Gasteiger partial charge in [0.2, 0.25) is 0 Å². The van der Waals surface area contributed by atoms with Crippen LogP contribution < -0.4 is 10.2 Å². The molecule has 1 aromatic rings. The van der Waals surface area contributed by atoms with Crippen LogP contribution in [0.3, 0.4) is 0 Å². The lowest BCUT2D eigenvalue weighted by Gasteiger charge is -2.27. The van der Waals surface area contributed by atoms with Crippen molar-refractivity contribution in [2.24, 2.45) is 0 Å². The molecule has 4 heteroatoms. The summed E-state index contributed by atoms with van der Waals surface area (Å²) in [6.45, 7) is 9.53. The van der Waals surface area contributed by atoms with Gasteiger partial charge >= 0.3 is 0 Å². The van der Waals surface area contributed by atoms with E-state index in [1.165, 1.54) is 12.8 Å². The third kappa shape index (κ3) is 3.19. The summed E-state index contributed by atoms with van der Waals surface area (Å²) in [5.74, 6) is 1.06. The van der Waals surface area contributed by atoms with Gasteiger partial charge in [-0.2, -0.15) is 0 Å². The maximum absolute atomic E-state index is 4.67. The first-order valence-electron chi connectivity index (χ1n) is 6.99. The van der Waals surface area contributed by atoms with Crippen molar-refractivity contribution in [3.63, 3.8) is 0 Å². The summed E-state index contributed by atoms with van der Waals surface area (Å²) < 4.78 is 0. The highest BCUT2D eigenvalue weighted by atomic mass is 15.2. The molecule has 1 N–H and O–H groups in total. The Morgan fingerprint density at radius 1 is 1.44 bits per heavy atom. The fourth-order valence-electron chi connectivity index (χ4n) is 2.56. The van der Waals surface area contributed by atoms with Gasteiger partial charge < -0.3 is 10.2 Å². The predicted octanol–water partition coefficient (Wildman–Crippen LogP) is 2.06. The SMILES string of the molecule is CCCN(CC1CCCN1)c1nc(C)cnc1C. The lowest BCUT2D eigenvalue weighted by molar-refractivity contribution is 0.573. The van der Waals surface area contributed by atoms with E-state index < -0.39 is 0 Å². The van der Waals surface area contributed by atoms with Crippen molar-refractivity contribution < 1.29 is 0 Å². The van der Waals surface area contributed by atoms with Gasteiger partial charge in [-0.25, -0.2) is 4.98 Å². The summed E-state index contributed by atoms with van der Waals surface area (Å²) in [6.07, 6.45) is 5.56. The molecule has 1 aliphatic rings. The fourth-order valence-corrected chi connectivity index (χ4v) is 2.56. The van der Waals surface area contributed by atoms with Crippen LogP contribution in [-0.4, -0.2) is 35.6 Å². The molecule has 2 heterocycles. The molecule has 4 nitrogen and oxygen atoms in total. The van der Waals surface area contributed by atoms with Gasteiger partial charge in [0.15, 0.2) is 0 Å². The Morgan fingerprint density at radius 3 is 2.94 bits per heavy atom. The van der Waals surface area contributed by atoms with Crippen molar-refractivity contribution in [3.8, 4) is 0 Å². The Bertz CT molecular complexity index is 385. The fraction of sp³-hybridized carbons (Fsp3) is 0.714. The molecule has 0 spiro atoms. The molecule has 18 heavy (non-hydrogen) atoms. The van der Waals surface area contributed by atoms with E-state index in [-0.39, 0.29) is 0 Å². The molecule has 0 aromatic carbocycles. The highest BCUT2D eigenvalue weighted by Crippen LogP contribution is 2.18.